The van der Waals surface area contributed by atoms with Gasteiger partial charge in [-0.15, -0.1) is 0 Å². The first-order chi connectivity index (χ1) is 9.34. The molecule has 19 heavy (non-hydrogen) atoms. The standard InChI is InChI=1S/C16H23ClN2/c17-15-7-3-6-14(12-15)16(13-4-1-2-5-13)19-10-8-18-9-11-19/h3,6-7,12-13,16,18H,1-2,4-5,8-11H2/t16-/m0/s1. The van der Waals surface area contributed by atoms with Crippen LogP contribution in [0, 0.1) is 5.92 Å². The van der Waals surface area contributed by atoms with Crippen molar-refractivity contribution in [2.45, 2.75) is 31.7 Å². The largest absolute Gasteiger partial charge is 0.314 e. The fourth-order valence-electron chi connectivity index (χ4n) is 3.71. The van der Waals surface area contributed by atoms with Crippen LogP contribution in [0.25, 0.3) is 0 Å². The Morgan fingerprint density at radius 3 is 2.58 bits per heavy atom. The van der Waals surface area contributed by atoms with Gasteiger partial charge in [-0.3, -0.25) is 4.90 Å². The Hall–Kier alpha value is -0.570. The first-order valence-electron chi connectivity index (χ1n) is 7.55. The molecule has 1 N–H and O–H groups in total. The van der Waals surface area contributed by atoms with Gasteiger partial charge in [0.2, 0.25) is 0 Å². The number of nitrogens with one attached hydrogen (secondary N) is 1. The zero-order valence-corrected chi connectivity index (χ0v) is 12.2. The summed E-state index contributed by atoms with van der Waals surface area (Å²) in [5, 5.41) is 4.33. The molecule has 1 aliphatic heterocycles. The molecule has 0 amide bonds. The molecule has 1 aliphatic carbocycles. The third-order valence-corrected chi connectivity index (χ3v) is 4.82. The van der Waals surface area contributed by atoms with E-state index < -0.39 is 0 Å². The van der Waals surface area contributed by atoms with Crippen molar-refractivity contribution in [3.63, 3.8) is 0 Å². The summed E-state index contributed by atoms with van der Waals surface area (Å²) < 4.78 is 0. The summed E-state index contributed by atoms with van der Waals surface area (Å²) in [6.07, 6.45) is 5.55. The molecule has 0 spiro atoms. The lowest BCUT2D eigenvalue weighted by Crippen LogP contribution is -2.46. The van der Waals surface area contributed by atoms with Crippen molar-refractivity contribution in [3.05, 3.63) is 34.9 Å². The number of piperazine rings is 1. The lowest BCUT2D eigenvalue weighted by Gasteiger charge is -2.38. The molecule has 0 bridgehead atoms. The fraction of sp³-hybridized carbons (Fsp3) is 0.625. The van der Waals surface area contributed by atoms with Crippen LogP contribution in [0.5, 0.6) is 0 Å². The van der Waals surface area contributed by atoms with E-state index in [2.05, 4.69) is 28.4 Å². The van der Waals surface area contributed by atoms with E-state index >= 15 is 0 Å². The van der Waals surface area contributed by atoms with E-state index in [-0.39, 0.29) is 0 Å². The Kier molecular flexibility index (Phi) is 4.42. The van der Waals surface area contributed by atoms with Crippen LogP contribution >= 0.6 is 11.6 Å². The van der Waals surface area contributed by atoms with Crippen LogP contribution in [0.1, 0.15) is 37.3 Å². The van der Waals surface area contributed by atoms with E-state index in [1.165, 1.54) is 31.2 Å². The van der Waals surface area contributed by atoms with Crippen molar-refractivity contribution in [1.82, 2.24) is 10.2 Å². The van der Waals surface area contributed by atoms with Gasteiger partial charge in [-0.2, -0.15) is 0 Å². The molecule has 104 valence electrons. The van der Waals surface area contributed by atoms with Gasteiger partial charge in [0.15, 0.2) is 0 Å². The lowest BCUT2D eigenvalue weighted by atomic mass is 9.90. The van der Waals surface area contributed by atoms with Crippen LogP contribution in [0.4, 0.5) is 0 Å². The van der Waals surface area contributed by atoms with Crippen molar-refractivity contribution in [3.8, 4) is 0 Å². The molecule has 0 unspecified atom stereocenters. The molecule has 1 saturated carbocycles. The topological polar surface area (TPSA) is 15.3 Å². The number of rotatable bonds is 3. The average molecular weight is 279 g/mol. The van der Waals surface area contributed by atoms with Crippen LogP contribution < -0.4 is 5.32 Å². The molecular weight excluding hydrogens is 256 g/mol. The summed E-state index contributed by atoms with van der Waals surface area (Å²) in [6, 6.07) is 9.09. The second-order valence-corrected chi connectivity index (χ2v) is 6.27. The van der Waals surface area contributed by atoms with Crippen molar-refractivity contribution in [2.24, 2.45) is 5.92 Å². The smallest absolute Gasteiger partial charge is 0.0409 e. The van der Waals surface area contributed by atoms with E-state index in [1.54, 1.807) is 0 Å². The third-order valence-electron chi connectivity index (χ3n) is 4.58. The molecule has 1 aromatic carbocycles. The normalized spacial score (nSPS) is 23.6. The minimum Gasteiger partial charge on any atom is -0.314 e. The van der Waals surface area contributed by atoms with Crippen molar-refractivity contribution >= 4 is 11.6 Å². The average Bonchev–Trinajstić information content (AvgIpc) is 2.94. The van der Waals surface area contributed by atoms with E-state index in [9.17, 15) is 0 Å². The first kappa shape index (κ1) is 13.4. The van der Waals surface area contributed by atoms with Gasteiger partial charge in [0.05, 0.1) is 0 Å². The highest BCUT2D eigenvalue weighted by Gasteiger charge is 2.31. The minimum atomic E-state index is 0.572. The van der Waals surface area contributed by atoms with Crippen LogP contribution in [-0.4, -0.2) is 31.1 Å². The highest BCUT2D eigenvalue weighted by molar-refractivity contribution is 6.30. The molecular formula is C16H23ClN2. The predicted octanol–water partition coefficient (Wildman–Crippen LogP) is 3.48. The van der Waals surface area contributed by atoms with Crippen LogP contribution in [0.2, 0.25) is 5.02 Å². The second kappa shape index (κ2) is 6.25. The summed E-state index contributed by atoms with van der Waals surface area (Å²) in [6.45, 7) is 4.55. The zero-order chi connectivity index (χ0) is 13.1. The molecule has 1 atom stereocenters. The van der Waals surface area contributed by atoms with Gasteiger partial charge < -0.3 is 5.32 Å². The first-order valence-corrected chi connectivity index (χ1v) is 7.92. The number of hydrogen-bond donors (Lipinski definition) is 1. The highest BCUT2D eigenvalue weighted by atomic mass is 35.5. The van der Waals surface area contributed by atoms with Crippen LogP contribution in [-0.2, 0) is 0 Å². The molecule has 3 rings (SSSR count). The van der Waals surface area contributed by atoms with Gasteiger partial charge in [-0.25, -0.2) is 0 Å². The fourth-order valence-corrected chi connectivity index (χ4v) is 3.90. The Morgan fingerprint density at radius 1 is 1.16 bits per heavy atom. The van der Waals surface area contributed by atoms with Gasteiger partial charge in [0.25, 0.3) is 0 Å². The molecule has 2 nitrogen and oxygen atoms in total. The zero-order valence-electron chi connectivity index (χ0n) is 11.4. The van der Waals surface area contributed by atoms with Crippen LogP contribution in [0.3, 0.4) is 0 Å². The number of hydrogen-bond acceptors (Lipinski definition) is 2. The van der Waals surface area contributed by atoms with Gasteiger partial charge in [-0.05, 0) is 36.5 Å². The number of benzene rings is 1. The third kappa shape index (κ3) is 3.13. The van der Waals surface area contributed by atoms with Crippen molar-refractivity contribution < 1.29 is 0 Å². The lowest BCUT2D eigenvalue weighted by molar-refractivity contribution is 0.125. The van der Waals surface area contributed by atoms with Gasteiger partial charge >= 0.3 is 0 Å². The van der Waals surface area contributed by atoms with Crippen molar-refractivity contribution in [2.75, 3.05) is 26.2 Å². The molecule has 0 radical (unpaired) electrons. The minimum absolute atomic E-state index is 0.572. The maximum absolute atomic E-state index is 6.20. The molecule has 1 saturated heterocycles. The molecule has 1 aromatic rings. The summed E-state index contributed by atoms with van der Waals surface area (Å²) in [7, 11) is 0. The summed E-state index contributed by atoms with van der Waals surface area (Å²) in [5.41, 5.74) is 1.42. The Balaban J connectivity index is 1.86. The van der Waals surface area contributed by atoms with Gasteiger partial charge in [-0.1, -0.05) is 36.6 Å². The summed E-state index contributed by atoms with van der Waals surface area (Å²) in [5.74, 6) is 0.816. The van der Waals surface area contributed by atoms with E-state index in [1.807, 2.05) is 6.07 Å². The quantitative estimate of drug-likeness (QED) is 0.911. The van der Waals surface area contributed by atoms with Crippen molar-refractivity contribution in [1.29, 1.82) is 0 Å². The number of nitrogens with zero attached hydrogens (tertiary/aromatic N) is 1. The molecule has 0 aromatic heterocycles. The molecule has 2 fully saturated rings. The second-order valence-electron chi connectivity index (χ2n) is 5.83. The molecule has 1 heterocycles. The number of halogens is 1. The SMILES string of the molecule is Clc1cccc([C@H](C2CCCC2)N2CCNCC2)c1. The van der Waals surface area contributed by atoms with E-state index in [4.69, 9.17) is 11.6 Å². The Labute approximate surface area is 121 Å². The van der Waals surface area contributed by atoms with E-state index in [0.29, 0.717) is 6.04 Å². The molecule has 3 heteroatoms. The van der Waals surface area contributed by atoms with Gasteiger partial charge in [0, 0.05) is 37.2 Å². The highest BCUT2D eigenvalue weighted by Crippen LogP contribution is 2.40. The maximum atomic E-state index is 6.20. The summed E-state index contributed by atoms with van der Waals surface area (Å²) >= 11 is 6.20. The Bertz CT molecular complexity index is 409. The Morgan fingerprint density at radius 2 is 1.89 bits per heavy atom. The van der Waals surface area contributed by atoms with Gasteiger partial charge in [0.1, 0.15) is 0 Å². The monoisotopic (exact) mass is 278 g/mol. The van der Waals surface area contributed by atoms with E-state index in [0.717, 1.165) is 37.1 Å². The molecule has 2 aliphatic rings. The maximum Gasteiger partial charge on any atom is 0.0409 e. The summed E-state index contributed by atoms with van der Waals surface area (Å²) in [4.78, 5) is 2.66. The van der Waals surface area contributed by atoms with Crippen LogP contribution in [0.15, 0.2) is 24.3 Å². The predicted molar refractivity (Wildman–Crippen MR) is 80.6 cm³/mol.